The van der Waals surface area contributed by atoms with Crippen molar-refractivity contribution in [2.24, 2.45) is 5.92 Å². The molecule has 7 heteroatoms. The third-order valence-electron chi connectivity index (χ3n) is 5.26. The summed E-state index contributed by atoms with van der Waals surface area (Å²) < 4.78 is 5.99. The molecule has 1 aromatic heterocycles. The molecule has 1 N–H and O–H groups in total. The van der Waals surface area contributed by atoms with E-state index in [9.17, 15) is 9.59 Å². The highest BCUT2D eigenvalue weighted by atomic mass is 32.1. The number of anilines is 2. The molecule has 29 heavy (non-hydrogen) atoms. The van der Waals surface area contributed by atoms with Crippen LogP contribution in [0.3, 0.4) is 0 Å². The van der Waals surface area contributed by atoms with Crippen LogP contribution in [0.4, 0.5) is 10.8 Å². The molecular weight excluding hydrogens is 386 g/mol. The van der Waals surface area contributed by atoms with Gasteiger partial charge in [0, 0.05) is 19.0 Å². The summed E-state index contributed by atoms with van der Waals surface area (Å²) in [6, 6.07) is 13.2. The van der Waals surface area contributed by atoms with Crippen molar-refractivity contribution >= 4 is 44.2 Å². The van der Waals surface area contributed by atoms with E-state index < -0.39 is 5.97 Å². The van der Waals surface area contributed by atoms with Gasteiger partial charge in [0.05, 0.1) is 28.6 Å². The van der Waals surface area contributed by atoms with Crippen molar-refractivity contribution in [2.75, 3.05) is 30.4 Å². The quantitative estimate of drug-likeness (QED) is 0.653. The first-order chi connectivity index (χ1) is 14.0. The number of nitrogens with zero attached hydrogens (tertiary/aromatic N) is 2. The largest absolute Gasteiger partial charge is 0.465 e. The zero-order valence-electron chi connectivity index (χ0n) is 16.5. The van der Waals surface area contributed by atoms with E-state index in [1.54, 1.807) is 35.6 Å². The smallest absolute Gasteiger partial charge is 0.339 e. The Balaban J connectivity index is 1.40. The highest BCUT2D eigenvalue weighted by Gasteiger charge is 2.27. The predicted molar refractivity (Wildman–Crippen MR) is 116 cm³/mol. The first-order valence-corrected chi connectivity index (χ1v) is 10.5. The van der Waals surface area contributed by atoms with Crippen LogP contribution in [0.15, 0.2) is 42.5 Å². The van der Waals surface area contributed by atoms with E-state index in [0.29, 0.717) is 11.3 Å². The molecule has 1 aliphatic rings. The number of benzene rings is 2. The average molecular weight is 410 g/mol. The van der Waals surface area contributed by atoms with Gasteiger partial charge in [-0.05, 0) is 49.6 Å². The second kappa shape index (κ2) is 8.21. The molecule has 6 nitrogen and oxygen atoms in total. The van der Waals surface area contributed by atoms with Gasteiger partial charge < -0.3 is 15.0 Å². The minimum atomic E-state index is -0.457. The van der Waals surface area contributed by atoms with E-state index in [2.05, 4.69) is 35.3 Å². The highest BCUT2D eigenvalue weighted by Crippen LogP contribution is 2.32. The molecule has 150 valence electrons. The van der Waals surface area contributed by atoms with Crippen molar-refractivity contribution in [1.29, 1.82) is 0 Å². The molecule has 0 spiro atoms. The zero-order valence-corrected chi connectivity index (χ0v) is 17.3. The van der Waals surface area contributed by atoms with Crippen LogP contribution in [-0.4, -0.2) is 37.1 Å². The molecule has 3 aromatic rings. The molecule has 1 saturated heterocycles. The SMILES string of the molecule is COC(=O)c1ccccc1NC(=O)C1CCN(c2nc3ccc(C)cc3s2)CC1. The first kappa shape index (κ1) is 19.4. The Morgan fingerprint density at radius 1 is 1.17 bits per heavy atom. The van der Waals surface area contributed by atoms with Gasteiger partial charge >= 0.3 is 5.97 Å². The molecule has 1 aliphatic heterocycles. The van der Waals surface area contributed by atoms with Gasteiger partial charge in [0.15, 0.2) is 5.13 Å². The standard InChI is InChI=1S/C22H23N3O3S/c1-14-7-8-18-19(13-14)29-22(24-18)25-11-9-15(10-12-25)20(26)23-17-6-4-3-5-16(17)21(27)28-2/h3-8,13,15H,9-12H2,1-2H3,(H,23,26). The Labute approximate surface area is 173 Å². The molecule has 1 amide bonds. The maximum absolute atomic E-state index is 12.8. The van der Waals surface area contributed by atoms with Crippen LogP contribution in [0, 0.1) is 12.8 Å². The van der Waals surface area contributed by atoms with Crippen LogP contribution >= 0.6 is 11.3 Å². The lowest BCUT2D eigenvalue weighted by molar-refractivity contribution is -0.120. The lowest BCUT2D eigenvalue weighted by atomic mass is 9.96. The number of hydrogen-bond acceptors (Lipinski definition) is 6. The number of esters is 1. The minimum absolute atomic E-state index is 0.0547. The summed E-state index contributed by atoms with van der Waals surface area (Å²) in [5.74, 6) is -0.601. The number of para-hydroxylation sites is 1. The van der Waals surface area contributed by atoms with Crippen LogP contribution in [0.5, 0.6) is 0 Å². The lowest BCUT2D eigenvalue weighted by Gasteiger charge is -2.31. The third kappa shape index (κ3) is 4.10. The number of piperidine rings is 1. The summed E-state index contributed by atoms with van der Waals surface area (Å²) in [6.45, 7) is 3.66. The van der Waals surface area contributed by atoms with E-state index in [0.717, 1.165) is 36.6 Å². The zero-order chi connectivity index (χ0) is 20.4. The van der Waals surface area contributed by atoms with Gasteiger partial charge in [0.1, 0.15) is 0 Å². The van der Waals surface area contributed by atoms with Crippen LogP contribution in [-0.2, 0) is 9.53 Å². The number of fused-ring (bicyclic) bond motifs is 1. The number of amides is 1. The van der Waals surface area contributed by atoms with Crippen molar-refractivity contribution < 1.29 is 14.3 Å². The number of hydrogen-bond donors (Lipinski definition) is 1. The molecular formula is C22H23N3O3S. The normalized spacial score (nSPS) is 14.8. The number of aryl methyl sites for hydroxylation is 1. The number of aromatic nitrogens is 1. The number of nitrogens with one attached hydrogen (secondary N) is 1. The van der Waals surface area contributed by atoms with Gasteiger partial charge in [0.2, 0.25) is 5.91 Å². The number of carbonyl (C=O) groups excluding carboxylic acids is 2. The van der Waals surface area contributed by atoms with E-state index in [4.69, 9.17) is 9.72 Å². The third-order valence-corrected chi connectivity index (χ3v) is 6.34. The Morgan fingerprint density at radius 2 is 1.93 bits per heavy atom. The molecule has 2 heterocycles. The fourth-order valence-corrected chi connectivity index (χ4v) is 4.72. The summed E-state index contributed by atoms with van der Waals surface area (Å²) >= 11 is 1.70. The number of carbonyl (C=O) groups is 2. The maximum atomic E-state index is 12.8. The van der Waals surface area contributed by atoms with Crippen molar-refractivity contribution in [3.63, 3.8) is 0 Å². The molecule has 0 aliphatic carbocycles. The maximum Gasteiger partial charge on any atom is 0.339 e. The van der Waals surface area contributed by atoms with E-state index in [1.165, 1.54) is 17.4 Å². The number of thiazole rings is 1. The van der Waals surface area contributed by atoms with Crippen LogP contribution in [0.25, 0.3) is 10.2 Å². The Bertz CT molecular complexity index is 1050. The summed E-state index contributed by atoms with van der Waals surface area (Å²) in [4.78, 5) is 31.7. The molecule has 0 bridgehead atoms. The summed E-state index contributed by atoms with van der Waals surface area (Å²) in [5.41, 5.74) is 3.11. The summed E-state index contributed by atoms with van der Waals surface area (Å²) in [7, 11) is 1.33. The lowest BCUT2D eigenvalue weighted by Crippen LogP contribution is -2.38. The van der Waals surface area contributed by atoms with Crippen LogP contribution in [0.2, 0.25) is 0 Å². The van der Waals surface area contributed by atoms with E-state index in [-0.39, 0.29) is 11.8 Å². The molecule has 1 fully saturated rings. The second-order valence-corrected chi connectivity index (χ2v) is 8.26. The Kier molecular flexibility index (Phi) is 5.49. The Hall–Kier alpha value is -2.93. The number of methoxy groups -OCH3 is 1. The van der Waals surface area contributed by atoms with Crippen molar-refractivity contribution in [3.8, 4) is 0 Å². The van der Waals surface area contributed by atoms with Gasteiger partial charge in [-0.2, -0.15) is 0 Å². The van der Waals surface area contributed by atoms with E-state index >= 15 is 0 Å². The second-order valence-electron chi connectivity index (χ2n) is 7.26. The van der Waals surface area contributed by atoms with Gasteiger partial charge in [-0.15, -0.1) is 0 Å². The monoisotopic (exact) mass is 409 g/mol. The Morgan fingerprint density at radius 3 is 2.69 bits per heavy atom. The fourth-order valence-electron chi connectivity index (χ4n) is 3.60. The predicted octanol–water partition coefficient (Wildman–Crippen LogP) is 4.25. The van der Waals surface area contributed by atoms with Crippen molar-refractivity contribution in [2.45, 2.75) is 19.8 Å². The molecule has 0 radical (unpaired) electrons. The topological polar surface area (TPSA) is 71.5 Å². The highest BCUT2D eigenvalue weighted by molar-refractivity contribution is 7.22. The first-order valence-electron chi connectivity index (χ1n) is 9.65. The molecule has 2 aromatic carbocycles. The molecule has 0 atom stereocenters. The van der Waals surface area contributed by atoms with Crippen molar-refractivity contribution in [3.05, 3.63) is 53.6 Å². The van der Waals surface area contributed by atoms with Gasteiger partial charge in [-0.3, -0.25) is 4.79 Å². The van der Waals surface area contributed by atoms with Crippen molar-refractivity contribution in [1.82, 2.24) is 4.98 Å². The fraction of sp³-hybridized carbons (Fsp3) is 0.318. The van der Waals surface area contributed by atoms with Crippen LogP contribution < -0.4 is 10.2 Å². The van der Waals surface area contributed by atoms with Gasteiger partial charge in [-0.1, -0.05) is 29.5 Å². The number of ether oxygens (including phenoxy) is 1. The molecule has 0 unspecified atom stereocenters. The van der Waals surface area contributed by atoms with Gasteiger partial charge in [0.25, 0.3) is 0 Å². The van der Waals surface area contributed by atoms with E-state index in [1.807, 2.05) is 0 Å². The van der Waals surface area contributed by atoms with Crippen LogP contribution in [0.1, 0.15) is 28.8 Å². The number of rotatable bonds is 4. The minimum Gasteiger partial charge on any atom is -0.465 e. The summed E-state index contributed by atoms with van der Waals surface area (Å²) in [6.07, 6.45) is 1.50. The molecule has 4 rings (SSSR count). The summed E-state index contributed by atoms with van der Waals surface area (Å²) in [5, 5.41) is 3.92. The molecule has 0 saturated carbocycles. The van der Waals surface area contributed by atoms with Gasteiger partial charge in [-0.25, -0.2) is 9.78 Å². The average Bonchev–Trinajstić information content (AvgIpc) is 3.17.